The minimum atomic E-state index is 1.31. The molecule has 0 aromatic rings. The van der Waals surface area contributed by atoms with Crippen LogP contribution in [0.5, 0.6) is 0 Å². The summed E-state index contributed by atoms with van der Waals surface area (Å²) in [4.78, 5) is 0. The van der Waals surface area contributed by atoms with Gasteiger partial charge in [0, 0.05) is 0 Å². The summed E-state index contributed by atoms with van der Waals surface area (Å²) in [6, 6.07) is 0. The normalized spacial score (nSPS) is 10.3. The van der Waals surface area contributed by atoms with Crippen molar-refractivity contribution in [3.63, 3.8) is 0 Å². The van der Waals surface area contributed by atoms with Gasteiger partial charge in [0.05, 0.1) is 0 Å². The lowest BCUT2D eigenvalue weighted by Crippen LogP contribution is -1.61. The van der Waals surface area contributed by atoms with Crippen LogP contribution in [0, 0.1) is 0 Å². The zero-order chi connectivity index (χ0) is 4.83. The van der Waals surface area contributed by atoms with Gasteiger partial charge in [0.25, 0.3) is 0 Å². The lowest BCUT2D eigenvalue weighted by molar-refractivity contribution is 1.11. The first-order valence-corrected chi connectivity index (χ1v) is 3.51. The minimum Gasteiger partial charge on any atom is -0.109 e. The van der Waals surface area contributed by atoms with E-state index in [0.29, 0.717) is 0 Å². The zero-order valence-corrected chi connectivity index (χ0v) is 5.33. The molecule has 0 rings (SSSR count). The third kappa shape index (κ3) is 4.17. The molecule has 0 saturated heterocycles. The van der Waals surface area contributed by atoms with E-state index >= 15 is 0 Å². The van der Waals surface area contributed by atoms with Crippen molar-refractivity contribution in [1.82, 2.24) is 0 Å². The molecule has 0 atom stereocenters. The lowest BCUT2D eigenvalue weighted by atomic mass is 10.6. The van der Waals surface area contributed by atoms with Crippen LogP contribution >= 0.6 is 8.20 Å². The van der Waals surface area contributed by atoms with E-state index in [2.05, 4.69) is 19.6 Å². The van der Waals surface area contributed by atoms with Gasteiger partial charge in [-0.15, -0.1) is 8.20 Å². The van der Waals surface area contributed by atoms with Gasteiger partial charge >= 0.3 is 0 Å². The Labute approximate surface area is 41.4 Å². The second-order valence-corrected chi connectivity index (χ2v) is 2.49. The number of hydrogen-bond acceptors (Lipinski definition) is 0. The highest BCUT2D eigenvalue weighted by atomic mass is 31.1. The first kappa shape index (κ1) is 6.17. The SMILES string of the molecule is CC=PCCC. The summed E-state index contributed by atoms with van der Waals surface area (Å²) in [6.45, 7) is 4.30. The van der Waals surface area contributed by atoms with Crippen LogP contribution in [0.4, 0.5) is 0 Å². The van der Waals surface area contributed by atoms with Gasteiger partial charge < -0.3 is 0 Å². The molecule has 0 aromatic carbocycles. The highest BCUT2D eigenvalue weighted by molar-refractivity contribution is 7.38. The maximum atomic E-state index is 2.20. The fraction of sp³-hybridized carbons (Fsp3) is 0.800. The highest BCUT2D eigenvalue weighted by Gasteiger charge is 1.65. The van der Waals surface area contributed by atoms with Gasteiger partial charge in [0.2, 0.25) is 0 Å². The van der Waals surface area contributed by atoms with Crippen molar-refractivity contribution in [2.75, 3.05) is 6.16 Å². The maximum Gasteiger partial charge on any atom is -0.0112 e. The van der Waals surface area contributed by atoms with Gasteiger partial charge in [-0.1, -0.05) is 12.7 Å². The molecule has 0 aromatic heterocycles. The highest BCUT2D eigenvalue weighted by Crippen LogP contribution is 1.93. The van der Waals surface area contributed by atoms with Crippen LogP contribution in [0.1, 0.15) is 20.3 Å². The molecule has 36 valence electrons. The molecule has 0 fully saturated rings. The molecule has 0 bridgehead atoms. The van der Waals surface area contributed by atoms with Crippen molar-refractivity contribution in [3.05, 3.63) is 0 Å². The van der Waals surface area contributed by atoms with Crippen LogP contribution < -0.4 is 0 Å². The summed E-state index contributed by atoms with van der Waals surface area (Å²) < 4.78 is 0. The molecule has 0 nitrogen and oxygen atoms in total. The van der Waals surface area contributed by atoms with Gasteiger partial charge in [-0.2, -0.15) is 0 Å². The molecule has 6 heavy (non-hydrogen) atoms. The van der Waals surface area contributed by atoms with Crippen LogP contribution in [-0.4, -0.2) is 12.0 Å². The molecule has 0 aliphatic rings. The average Bonchev–Trinajstić information content (AvgIpc) is 1.61. The predicted molar refractivity (Wildman–Crippen MR) is 33.8 cm³/mol. The smallest absolute Gasteiger partial charge is 0.0112 e. The minimum absolute atomic E-state index is 1.31. The molecular formula is C5H11P. The van der Waals surface area contributed by atoms with Crippen molar-refractivity contribution < 1.29 is 0 Å². The monoisotopic (exact) mass is 102 g/mol. The number of rotatable bonds is 2. The Morgan fingerprint density at radius 3 is 2.50 bits per heavy atom. The summed E-state index contributed by atoms with van der Waals surface area (Å²) in [6.07, 6.45) is 2.64. The average molecular weight is 102 g/mol. The first-order chi connectivity index (χ1) is 2.91. The molecule has 0 aliphatic carbocycles. The Kier molecular flexibility index (Phi) is 5.32. The van der Waals surface area contributed by atoms with Gasteiger partial charge in [-0.3, -0.25) is 0 Å². The van der Waals surface area contributed by atoms with Crippen LogP contribution in [0.15, 0.2) is 0 Å². The Morgan fingerprint density at radius 2 is 2.33 bits per heavy atom. The van der Waals surface area contributed by atoms with Gasteiger partial charge in [-0.05, 0) is 19.5 Å². The van der Waals surface area contributed by atoms with E-state index in [0.717, 1.165) is 0 Å². The van der Waals surface area contributed by atoms with Crippen LogP contribution in [0.25, 0.3) is 0 Å². The molecule has 0 N–H and O–H groups in total. The standard InChI is InChI=1S/C5H11P/c1-3-5-6-4-2/h4H,3,5H2,1-2H3. The van der Waals surface area contributed by atoms with Crippen molar-refractivity contribution in [2.24, 2.45) is 0 Å². The first-order valence-electron chi connectivity index (χ1n) is 2.36. The predicted octanol–water partition coefficient (Wildman–Crippen LogP) is 2.16. The van der Waals surface area contributed by atoms with Gasteiger partial charge in [-0.25, -0.2) is 0 Å². The molecule has 0 saturated carbocycles. The second-order valence-electron chi connectivity index (χ2n) is 1.16. The summed E-state index contributed by atoms with van der Waals surface area (Å²) in [5, 5.41) is 0. The number of hydrogen-bond donors (Lipinski definition) is 0. The van der Waals surface area contributed by atoms with E-state index < -0.39 is 0 Å². The molecule has 0 heterocycles. The van der Waals surface area contributed by atoms with E-state index in [1.165, 1.54) is 20.8 Å². The van der Waals surface area contributed by atoms with Crippen molar-refractivity contribution in [2.45, 2.75) is 20.3 Å². The van der Waals surface area contributed by atoms with E-state index in [-0.39, 0.29) is 0 Å². The third-order valence-corrected chi connectivity index (χ3v) is 1.61. The largest absolute Gasteiger partial charge is 0.109 e. The fourth-order valence-electron chi connectivity index (χ4n) is 0.258. The van der Waals surface area contributed by atoms with E-state index in [4.69, 9.17) is 0 Å². The maximum absolute atomic E-state index is 2.20. The van der Waals surface area contributed by atoms with E-state index in [9.17, 15) is 0 Å². The molecule has 0 spiro atoms. The Bertz CT molecular complexity index is 39.2. The van der Waals surface area contributed by atoms with E-state index in [1.54, 1.807) is 0 Å². The fourth-order valence-corrected chi connectivity index (χ4v) is 0.775. The summed E-state index contributed by atoms with van der Waals surface area (Å²) >= 11 is 0. The Balaban J connectivity index is 2.66. The van der Waals surface area contributed by atoms with Crippen molar-refractivity contribution >= 4 is 14.0 Å². The van der Waals surface area contributed by atoms with Crippen LogP contribution in [0.2, 0.25) is 0 Å². The topological polar surface area (TPSA) is 0 Å². The molecule has 0 unspecified atom stereocenters. The van der Waals surface area contributed by atoms with Gasteiger partial charge in [0.15, 0.2) is 0 Å². The molecular weight excluding hydrogens is 91.0 g/mol. The summed E-state index contributed by atoms with van der Waals surface area (Å²) in [7, 11) is 1.49. The Morgan fingerprint density at radius 1 is 1.67 bits per heavy atom. The Hall–Kier alpha value is 0.170. The van der Waals surface area contributed by atoms with E-state index in [1.807, 2.05) is 0 Å². The molecule has 0 amide bonds. The quantitative estimate of drug-likeness (QED) is 0.469. The van der Waals surface area contributed by atoms with Crippen LogP contribution in [-0.2, 0) is 0 Å². The van der Waals surface area contributed by atoms with Crippen molar-refractivity contribution in [3.8, 4) is 0 Å². The summed E-state index contributed by atoms with van der Waals surface area (Å²) in [5.74, 6) is 2.18. The van der Waals surface area contributed by atoms with Crippen LogP contribution in [0.3, 0.4) is 0 Å². The molecule has 0 radical (unpaired) electrons. The lowest BCUT2D eigenvalue weighted by Gasteiger charge is -1.75. The molecule has 0 aliphatic heterocycles. The summed E-state index contributed by atoms with van der Waals surface area (Å²) in [5.41, 5.74) is 0. The third-order valence-electron chi connectivity index (χ3n) is 0.535. The zero-order valence-electron chi connectivity index (χ0n) is 4.44. The second kappa shape index (κ2) is 5.17. The van der Waals surface area contributed by atoms with Crippen molar-refractivity contribution in [1.29, 1.82) is 0 Å². The molecule has 1 heteroatoms. The van der Waals surface area contributed by atoms with Gasteiger partial charge in [0.1, 0.15) is 0 Å².